The van der Waals surface area contributed by atoms with Gasteiger partial charge in [-0.1, -0.05) is 24.3 Å². The standard InChI is InChI=1S/C27H30N6O7S2/c1-30-25-24(26(35)31(2)27(30)36)33(17-28-25)16-23(34)29-42(37,38)13-11-32(10-12-41-20-6-4-3-5-7-20)15-19-8-9-21-22(14-19)40-18-39-21/h3-9,14,17H,10-13,15-16,18H2,1-2H3,(H,29,34). The van der Waals surface area contributed by atoms with E-state index in [4.69, 9.17) is 9.47 Å². The van der Waals surface area contributed by atoms with Gasteiger partial charge in [-0.05, 0) is 29.8 Å². The number of nitrogens with zero attached hydrogens (tertiary/aromatic N) is 5. The average molecular weight is 615 g/mol. The molecule has 0 bridgehead atoms. The van der Waals surface area contributed by atoms with Crippen LogP contribution in [0.4, 0.5) is 0 Å². The first-order valence-electron chi connectivity index (χ1n) is 13.0. The molecule has 42 heavy (non-hydrogen) atoms. The number of thioether (sulfide) groups is 1. The van der Waals surface area contributed by atoms with E-state index in [1.165, 1.54) is 29.6 Å². The van der Waals surface area contributed by atoms with E-state index >= 15 is 0 Å². The molecule has 1 N–H and O–H groups in total. The number of carbonyl (C=O) groups is 1. The molecule has 2 aromatic carbocycles. The highest BCUT2D eigenvalue weighted by Crippen LogP contribution is 2.32. The third-order valence-corrected chi connectivity index (χ3v) is 8.99. The number of sulfonamides is 1. The van der Waals surface area contributed by atoms with Crippen LogP contribution in [0.2, 0.25) is 0 Å². The number of hydrogen-bond acceptors (Lipinski definition) is 10. The predicted octanol–water partition coefficient (Wildman–Crippen LogP) is 0.903. The molecule has 5 rings (SSSR count). The minimum atomic E-state index is -4.01. The van der Waals surface area contributed by atoms with Gasteiger partial charge in [0, 0.05) is 44.4 Å². The largest absolute Gasteiger partial charge is 0.454 e. The van der Waals surface area contributed by atoms with Crippen molar-refractivity contribution in [2.45, 2.75) is 18.0 Å². The molecule has 13 nitrogen and oxygen atoms in total. The van der Waals surface area contributed by atoms with E-state index in [9.17, 15) is 22.8 Å². The Hall–Kier alpha value is -4.08. The quantitative estimate of drug-likeness (QED) is 0.228. The molecule has 1 amide bonds. The number of hydrogen-bond donors (Lipinski definition) is 1. The fraction of sp³-hybridized carbons (Fsp3) is 0.333. The minimum absolute atomic E-state index is 0.0259. The van der Waals surface area contributed by atoms with E-state index in [2.05, 4.69) is 9.71 Å². The fourth-order valence-electron chi connectivity index (χ4n) is 4.55. The van der Waals surface area contributed by atoms with Gasteiger partial charge in [-0.3, -0.25) is 28.3 Å². The molecule has 4 aromatic rings. The Bertz CT molecular complexity index is 1830. The SMILES string of the molecule is Cn1c(=O)c2c(ncn2CC(=O)NS(=O)(=O)CCN(CCSc2ccccc2)Cc2ccc3c(c2)OCO3)n(C)c1=O. The van der Waals surface area contributed by atoms with Gasteiger partial charge in [0.15, 0.2) is 22.7 Å². The van der Waals surface area contributed by atoms with E-state index in [1.807, 2.05) is 53.4 Å². The van der Waals surface area contributed by atoms with Gasteiger partial charge >= 0.3 is 5.69 Å². The summed E-state index contributed by atoms with van der Waals surface area (Å²) in [7, 11) is -1.23. The van der Waals surface area contributed by atoms with Crippen LogP contribution < -0.4 is 25.4 Å². The van der Waals surface area contributed by atoms with Gasteiger partial charge in [-0.25, -0.2) is 18.2 Å². The highest BCUT2D eigenvalue weighted by atomic mass is 32.2. The molecule has 0 radical (unpaired) electrons. The lowest BCUT2D eigenvalue weighted by Gasteiger charge is -2.22. The number of fused-ring (bicyclic) bond motifs is 2. The van der Waals surface area contributed by atoms with Crippen LogP contribution in [-0.2, 0) is 42.0 Å². The van der Waals surface area contributed by atoms with Gasteiger partial charge in [-0.2, -0.15) is 0 Å². The summed E-state index contributed by atoms with van der Waals surface area (Å²) in [6, 6.07) is 15.5. The van der Waals surface area contributed by atoms with Crippen LogP contribution in [0.25, 0.3) is 11.2 Å². The number of ether oxygens (including phenoxy) is 2. The van der Waals surface area contributed by atoms with Crippen molar-refractivity contribution in [1.29, 1.82) is 0 Å². The van der Waals surface area contributed by atoms with Crippen LogP contribution >= 0.6 is 11.8 Å². The molecule has 0 atom stereocenters. The van der Waals surface area contributed by atoms with Gasteiger partial charge in [-0.15, -0.1) is 11.8 Å². The second-order valence-electron chi connectivity index (χ2n) is 9.72. The van der Waals surface area contributed by atoms with Crippen molar-refractivity contribution < 1.29 is 22.7 Å². The maximum Gasteiger partial charge on any atom is 0.332 e. The Kier molecular flexibility index (Phi) is 8.70. The monoisotopic (exact) mass is 614 g/mol. The van der Waals surface area contributed by atoms with Crippen LogP contribution in [0.1, 0.15) is 5.56 Å². The molecule has 2 aromatic heterocycles. The van der Waals surface area contributed by atoms with Crippen LogP contribution in [-0.4, -0.2) is 69.3 Å². The van der Waals surface area contributed by atoms with Gasteiger partial charge in [0.05, 0.1) is 12.1 Å². The molecule has 1 aliphatic heterocycles. The average Bonchev–Trinajstić information content (AvgIpc) is 3.61. The first kappa shape index (κ1) is 29.4. The molecule has 15 heteroatoms. The summed E-state index contributed by atoms with van der Waals surface area (Å²) in [5.74, 6) is 0.896. The number of aryl methyl sites for hydroxylation is 1. The first-order valence-corrected chi connectivity index (χ1v) is 15.7. The van der Waals surface area contributed by atoms with Crippen molar-refractivity contribution in [1.82, 2.24) is 28.3 Å². The van der Waals surface area contributed by atoms with E-state index in [0.717, 1.165) is 20.8 Å². The Balaban J connectivity index is 1.24. The lowest BCUT2D eigenvalue weighted by Crippen LogP contribution is -2.40. The number of benzene rings is 2. The zero-order valence-corrected chi connectivity index (χ0v) is 24.7. The highest BCUT2D eigenvalue weighted by Gasteiger charge is 2.21. The van der Waals surface area contributed by atoms with E-state index in [-0.39, 0.29) is 30.3 Å². The van der Waals surface area contributed by atoms with Gasteiger partial charge < -0.3 is 14.0 Å². The van der Waals surface area contributed by atoms with Crippen LogP contribution in [0.5, 0.6) is 11.5 Å². The Labute approximate surface area is 245 Å². The molecule has 1 aliphatic rings. The normalized spacial score (nSPS) is 12.7. The zero-order chi connectivity index (χ0) is 29.9. The Morgan fingerprint density at radius 3 is 2.60 bits per heavy atom. The number of nitrogens with one attached hydrogen (secondary N) is 1. The lowest BCUT2D eigenvalue weighted by atomic mass is 10.2. The van der Waals surface area contributed by atoms with Crippen molar-refractivity contribution in [2.75, 3.05) is 31.4 Å². The van der Waals surface area contributed by atoms with E-state index in [0.29, 0.717) is 24.6 Å². The number of amides is 1. The zero-order valence-electron chi connectivity index (χ0n) is 23.1. The lowest BCUT2D eigenvalue weighted by molar-refractivity contribution is -0.119. The summed E-state index contributed by atoms with van der Waals surface area (Å²) in [6.07, 6.45) is 1.23. The van der Waals surface area contributed by atoms with Gasteiger partial charge in [0.2, 0.25) is 16.8 Å². The second-order valence-corrected chi connectivity index (χ2v) is 12.7. The molecule has 0 aliphatic carbocycles. The van der Waals surface area contributed by atoms with E-state index in [1.54, 1.807) is 11.8 Å². The van der Waals surface area contributed by atoms with E-state index < -0.39 is 33.7 Å². The molecule has 0 saturated heterocycles. The summed E-state index contributed by atoms with van der Waals surface area (Å²) >= 11 is 1.67. The molecular weight excluding hydrogens is 584 g/mol. The number of aromatic nitrogens is 4. The smallest absolute Gasteiger partial charge is 0.332 e. The summed E-state index contributed by atoms with van der Waals surface area (Å²) in [5, 5.41) is 0. The summed E-state index contributed by atoms with van der Waals surface area (Å²) in [4.78, 5) is 44.7. The molecule has 3 heterocycles. The summed E-state index contributed by atoms with van der Waals surface area (Å²) < 4.78 is 42.1. The van der Waals surface area contributed by atoms with Crippen molar-refractivity contribution >= 4 is 38.9 Å². The summed E-state index contributed by atoms with van der Waals surface area (Å²) in [6.45, 7) is 0.940. The Morgan fingerprint density at radius 2 is 1.81 bits per heavy atom. The molecule has 0 fully saturated rings. The maximum atomic E-state index is 12.9. The molecule has 0 spiro atoms. The first-order chi connectivity index (χ1) is 20.1. The Morgan fingerprint density at radius 1 is 1.05 bits per heavy atom. The van der Waals surface area contributed by atoms with Gasteiger partial charge in [0.25, 0.3) is 11.5 Å². The highest BCUT2D eigenvalue weighted by molar-refractivity contribution is 7.99. The molecular formula is C27H30N6O7S2. The van der Waals surface area contributed by atoms with Crippen LogP contribution in [0, 0.1) is 0 Å². The fourth-order valence-corrected chi connectivity index (χ4v) is 6.50. The minimum Gasteiger partial charge on any atom is -0.454 e. The van der Waals surface area contributed by atoms with Crippen LogP contribution in [0.3, 0.4) is 0 Å². The topological polar surface area (TPSA) is 147 Å². The number of carbonyl (C=O) groups excluding carboxylic acids is 1. The molecule has 0 unspecified atom stereocenters. The third-order valence-electron chi connectivity index (χ3n) is 6.74. The molecule has 0 saturated carbocycles. The van der Waals surface area contributed by atoms with Crippen LogP contribution in [0.15, 0.2) is 69.3 Å². The third kappa shape index (κ3) is 6.69. The maximum absolute atomic E-state index is 12.9. The van der Waals surface area contributed by atoms with Crippen molar-refractivity contribution in [2.24, 2.45) is 14.1 Å². The molecule has 222 valence electrons. The number of rotatable bonds is 12. The predicted molar refractivity (Wildman–Crippen MR) is 157 cm³/mol. The number of imidazole rings is 1. The van der Waals surface area contributed by atoms with Crippen molar-refractivity contribution in [3.63, 3.8) is 0 Å². The summed E-state index contributed by atoms with van der Waals surface area (Å²) in [5.41, 5.74) is -0.122. The van der Waals surface area contributed by atoms with Crippen molar-refractivity contribution in [3.05, 3.63) is 81.3 Å². The van der Waals surface area contributed by atoms with Gasteiger partial charge in [0.1, 0.15) is 6.54 Å². The van der Waals surface area contributed by atoms with Crippen molar-refractivity contribution in [3.8, 4) is 11.5 Å². The second kappa shape index (κ2) is 12.4.